The lowest BCUT2D eigenvalue weighted by molar-refractivity contribution is 0.107. The van der Waals surface area contributed by atoms with Crippen molar-refractivity contribution in [3.63, 3.8) is 0 Å². The molecule has 0 radical (unpaired) electrons. The molecule has 0 aliphatic heterocycles. The zero-order valence-corrected chi connectivity index (χ0v) is 9.79. The molecule has 15 heavy (non-hydrogen) atoms. The van der Waals surface area contributed by atoms with Gasteiger partial charge in [0.2, 0.25) is 0 Å². The van der Waals surface area contributed by atoms with Crippen molar-refractivity contribution < 1.29 is 4.74 Å². The van der Waals surface area contributed by atoms with Crippen LogP contribution in [-0.4, -0.2) is 29.2 Å². The molecule has 1 atom stereocenters. The minimum absolute atomic E-state index is 0.397. The Hall–Kier alpha value is -0.870. The molecular formula is C11H21N3O. The Kier molecular flexibility index (Phi) is 5.36. The number of imidazole rings is 1. The number of rotatable bonds is 7. The van der Waals surface area contributed by atoms with Crippen LogP contribution in [0, 0.1) is 5.92 Å². The Morgan fingerprint density at radius 3 is 2.87 bits per heavy atom. The van der Waals surface area contributed by atoms with Crippen LogP contribution in [0.15, 0.2) is 12.5 Å². The predicted octanol–water partition coefficient (Wildman–Crippen LogP) is 1.56. The Morgan fingerprint density at radius 2 is 2.33 bits per heavy atom. The summed E-state index contributed by atoms with van der Waals surface area (Å²) in [5.74, 6) is 0.569. The maximum Gasteiger partial charge on any atom is 0.0922 e. The summed E-state index contributed by atoms with van der Waals surface area (Å²) in [4.78, 5) is 7.05. The first-order chi connectivity index (χ1) is 7.24. The number of nitrogens with one attached hydrogen (secondary N) is 2. The number of nitrogens with zero attached hydrogens (tertiary/aromatic N) is 1. The van der Waals surface area contributed by atoms with Gasteiger partial charge in [0, 0.05) is 31.1 Å². The lowest BCUT2D eigenvalue weighted by Crippen LogP contribution is -2.37. The van der Waals surface area contributed by atoms with E-state index in [1.165, 1.54) is 0 Å². The van der Waals surface area contributed by atoms with Gasteiger partial charge < -0.3 is 15.0 Å². The molecule has 4 heteroatoms. The van der Waals surface area contributed by atoms with Crippen molar-refractivity contribution in [2.75, 3.05) is 13.2 Å². The summed E-state index contributed by atoms with van der Waals surface area (Å²) in [6, 6.07) is 0.397. The van der Waals surface area contributed by atoms with Crippen LogP contribution in [0.5, 0.6) is 0 Å². The molecule has 0 aromatic carbocycles. The normalized spacial score (nSPS) is 13.3. The average Bonchev–Trinajstić information content (AvgIpc) is 2.70. The van der Waals surface area contributed by atoms with Gasteiger partial charge in [0.25, 0.3) is 0 Å². The molecule has 0 fully saturated rings. The van der Waals surface area contributed by atoms with Gasteiger partial charge in [0.1, 0.15) is 0 Å². The number of ether oxygens (including phenoxy) is 1. The van der Waals surface area contributed by atoms with Crippen LogP contribution < -0.4 is 5.32 Å². The molecule has 0 amide bonds. The van der Waals surface area contributed by atoms with E-state index in [9.17, 15) is 0 Å². The van der Waals surface area contributed by atoms with Gasteiger partial charge in [0.15, 0.2) is 0 Å². The molecule has 1 rings (SSSR count). The first-order valence-corrected chi connectivity index (χ1v) is 5.52. The standard InChI is InChI=1S/C11H21N3O/c1-4-15-7-11(9(2)3)13-6-10-5-12-8-14-10/h5,8-9,11,13H,4,6-7H2,1-3H3,(H,12,14). The molecule has 0 bridgehead atoms. The summed E-state index contributed by atoms with van der Waals surface area (Å²) in [6.45, 7) is 8.77. The van der Waals surface area contributed by atoms with Crippen LogP contribution in [-0.2, 0) is 11.3 Å². The third kappa shape index (κ3) is 4.44. The van der Waals surface area contributed by atoms with E-state index >= 15 is 0 Å². The average molecular weight is 211 g/mol. The molecule has 1 heterocycles. The molecule has 86 valence electrons. The Morgan fingerprint density at radius 1 is 1.53 bits per heavy atom. The van der Waals surface area contributed by atoms with Crippen molar-refractivity contribution in [3.8, 4) is 0 Å². The van der Waals surface area contributed by atoms with Crippen molar-refractivity contribution in [3.05, 3.63) is 18.2 Å². The summed E-state index contributed by atoms with van der Waals surface area (Å²) < 4.78 is 5.44. The SMILES string of the molecule is CCOCC(NCc1cnc[nH]1)C(C)C. The third-order valence-electron chi connectivity index (χ3n) is 2.42. The second-order valence-corrected chi connectivity index (χ2v) is 3.97. The van der Waals surface area contributed by atoms with Crippen LogP contribution in [0.1, 0.15) is 26.5 Å². The topological polar surface area (TPSA) is 49.9 Å². The zero-order valence-electron chi connectivity index (χ0n) is 9.79. The number of aromatic amines is 1. The highest BCUT2D eigenvalue weighted by atomic mass is 16.5. The summed E-state index contributed by atoms with van der Waals surface area (Å²) in [5, 5.41) is 3.46. The van der Waals surface area contributed by atoms with Crippen molar-refractivity contribution in [2.45, 2.75) is 33.4 Å². The fraction of sp³-hybridized carbons (Fsp3) is 0.727. The Labute approximate surface area is 91.4 Å². The van der Waals surface area contributed by atoms with E-state index in [1.54, 1.807) is 6.33 Å². The van der Waals surface area contributed by atoms with E-state index in [2.05, 4.69) is 29.1 Å². The first kappa shape index (κ1) is 12.2. The molecule has 4 nitrogen and oxygen atoms in total. The quantitative estimate of drug-likeness (QED) is 0.719. The van der Waals surface area contributed by atoms with Crippen molar-refractivity contribution in [1.82, 2.24) is 15.3 Å². The fourth-order valence-electron chi connectivity index (χ4n) is 1.35. The van der Waals surface area contributed by atoms with Gasteiger partial charge in [0.05, 0.1) is 12.9 Å². The molecule has 1 unspecified atom stereocenters. The van der Waals surface area contributed by atoms with Gasteiger partial charge in [-0.2, -0.15) is 0 Å². The zero-order chi connectivity index (χ0) is 11.1. The number of H-pyrrole nitrogens is 1. The van der Waals surface area contributed by atoms with Crippen molar-refractivity contribution in [2.24, 2.45) is 5.92 Å². The maximum absolute atomic E-state index is 5.44. The minimum atomic E-state index is 0.397. The summed E-state index contributed by atoms with van der Waals surface area (Å²) >= 11 is 0. The molecule has 0 saturated heterocycles. The van der Waals surface area contributed by atoms with Gasteiger partial charge >= 0.3 is 0 Å². The van der Waals surface area contributed by atoms with Gasteiger partial charge in [-0.15, -0.1) is 0 Å². The van der Waals surface area contributed by atoms with Gasteiger partial charge in [-0.05, 0) is 12.8 Å². The summed E-state index contributed by atoms with van der Waals surface area (Å²) in [5.41, 5.74) is 1.11. The van der Waals surface area contributed by atoms with Crippen LogP contribution in [0.25, 0.3) is 0 Å². The van der Waals surface area contributed by atoms with E-state index in [-0.39, 0.29) is 0 Å². The van der Waals surface area contributed by atoms with Gasteiger partial charge in [-0.1, -0.05) is 13.8 Å². The largest absolute Gasteiger partial charge is 0.380 e. The van der Waals surface area contributed by atoms with E-state index in [0.29, 0.717) is 12.0 Å². The van der Waals surface area contributed by atoms with E-state index in [4.69, 9.17) is 4.74 Å². The smallest absolute Gasteiger partial charge is 0.0922 e. The summed E-state index contributed by atoms with van der Waals surface area (Å²) in [6.07, 6.45) is 3.54. The van der Waals surface area contributed by atoms with Crippen LogP contribution >= 0.6 is 0 Å². The van der Waals surface area contributed by atoms with E-state index in [0.717, 1.165) is 25.5 Å². The summed E-state index contributed by atoms with van der Waals surface area (Å²) in [7, 11) is 0. The van der Waals surface area contributed by atoms with Crippen molar-refractivity contribution >= 4 is 0 Å². The van der Waals surface area contributed by atoms with Crippen LogP contribution in [0.4, 0.5) is 0 Å². The molecular weight excluding hydrogens is 190 g/mol. The fourth-order valence-corrected chi connectivity index (χ4v) is 1.35. The lowest BCUT2D eigenvalue weighted by atomic mass is 10.1. The minimum Gasteiger partial charge on any atom is -0.380 e. The van der Waals surface area contributed by atoms with Gasteiger partial charge in [-0.3, -0.25) is 0 Å². The van der Waals surface area contributed by atoms with Crippen LogP contribution in [0.2, 0.25) is 0 Å². The predicted molar refractivity (Wildman–Crippen MR) is 60.5 cm³/mol. The number of aromatic nitrogens is 2. The van der Waals surface area contributed by atoms with Crippen molar-refractivity contribution in [1.29, 1.82) is 0 Å². The lowest BCUT2D eigenvalue weighted by Gasteiger charge is -2.21. The molecule has 2 N–H and O–H groups in total. The number of hydrogen-bond donors (Lipinski definition) is 2. The van der Waals surface area contributed by atoms with Crippen LogP contribution in [0.3, 0.4) is 0 Å². The Bertz CT molecular complexity index is 246. The maximum atomic E-state index is 5.44. The first-order valence-electron chi connectivity index (χ1n) is 5.52. The Balaban J connectivity index is 2.31. The molecule has 0 saturated carbocycles. The second kappa shape index (κ2) is 6.58. The van der Waals surface area contributed by atoms with E-state index in [1.807, 2.05) is 13.1 Å². The van der Waals surface area contributed by atoms with Gasteiger partial charge in [-0.25, -0.2) is 4.98 Å². The second-order valence-electron chi connectivity index (χ2n) is 3.97. The molecule has 0 aliphatic carbocycles. The third-order valence-corrected chi connectivity index (χ3v) is 2.42. The number of hydrogen-bond acceptors (Lipinski definition) is 3. The monoisotopic (exact) mass is 211 g/mol. The molecule has 0 spiro atoms. The molecule has 0 aliphatic rings. The highest BCUT2D eigenvalue weighted by Crippen LogP contribution is 2.03. The molecule has 1 aromatic rings. The van der Waals surface area contributed by atoms with E-state index < -0.39 is 0 Å². The molecule has 1 aromatic heterocycles. The highest BCUT2D eigenvalue weighted by Gasteiger charge is 2.12. The highest BCUT2D eigenvalue weighted by molar-refractivity contribution is 4.93.